The van der Waals surface area contributed by atoms with E-state index in [0.29, 0.717) is 11.8 Å². The SMILES string of the molecule is Cc1cc(Br)ccc1C(=O)N1CC2CCCC(N)C2C1. The third kappa shape index (κ3) is 2.51. The lowest BCUT2D eigenvalue weighted by Gasteiger charge is -2.29. The number of rotatable bonds is 1. The summed E-state index contributed by atoms with van der Waals surface area (Å²) in [6.07, 6.45) is 3.55. The number of halogens is 1. The fraction of sp³-hybridized carbons (Fsp3) is 0.562. The van der Waals surface area contributed by atoms with Crippen LogP contribution in [0, 0.1) is 18.8 Å². The van der Waals surface area contributed by atoms with Gasteiger partial charge < -0.3 is 10.6 Å². The average molecular weight is 337 g/mol. The molecular formula is C16H21BrN2O. The predicted molar refractivity (Wildman–Crippen MR) is 83.6 cm³/mol. The molecule has 3 nitrogen and oxygen atoms in total. The Labute approximate surface area is 128 Å². The number of hydrogen-bond donors (Lipinski definition) is 1. The minimum Gasteiger partial charge on any atom is -0.338 e. The minimum atomic E-state index is 0.164. The molecule has 3 unspecified atom stereocenters. The highest BCUT2D eigenvalue weighted by Gasteiger charge is 2.40. The number of nitrogens with two attached hydrogens (primary N) is 1. The maximum atomic E-state index is 12.7. The number of amides is 1. The van der Waals surface area contributed by atoms with Gasteiger partial charge in [0.2, 0.25) is 0 Å². The van der Waals surface area contributed by atoms with E-state index in [1.165, 1.54) is 12.8 Å². The summed E-state index contributed by atoms with van der Waals surface area (Å²) >= 11 is 3.45. The number of benzene rings is 1. The molecular weight excluding hydrogens is 316 g/mol. The summed E-state index contributed by atoms with van der Waals surface area (Å²) in [6, 6.07) is 6.14. The van der Waals surface area contributed by atoms with Crippen molar-refractivity contribution in [3.8, 4) is 0 Å². The van der Waals surface area contributed by atoms with Gasteiger partial charge in [-0.1, -0.05) is 22.4 Å². The quantitative estimate of drug-likeness (QED) is 0.856. The van der Waals surface area contributed by atoms with E-state index in [0.717, 1.165) is 35.1 Å². The molecule has 1 aromatic carbocycles. The molecule has 20 heavy (non-hydrogen) atoms. The molecule has 3 atom stereocenters. The Morgan fingerprint density at radius 1 is 1.35 bits per heavy atom. The highest BCUT2D eigenvalue weighted by molar-refractivity contribution is 9.10. The lowest BCUT2D eigenvalue weighted by atomic mass is 9.78. The molecule has 2 fully saturated rings. The molecule has 2 N–H and O–H groups in total. The predicted octanol–water partition coefficient (Wildman–Crippen LogP) is 2.96. The van der Waals surface area contributed by atoms with Crippen LogP contribution in [0.25, 0.3) is 0 Å². The molecule has 108 valence electrons. The van der Waals surface area contributed by atoms with Crippen LogP contribution in [-0.2, 0) is 0 Å². The molecule has 1 aromatic rings. The van der Waals surface area contributed by atoms with Crippen molar-refractivity contribution < 1.29 is 4.79 Å². The Morgan fingerprint density at radius 2 is 2.15 bits per heavy atom. The van der Waals surface area contributed by atoms with E-state index in [4.69, 9.17) is 5.73 Å². The molecule has 2 aliphatic rings. The summed E-state index contributed by atoms with van der Waals surface area (Å²) in [4.78, 5) is 14.7. The van der Waals surface area contributed by atoms with Gasteiger partial charge in [-0.25, -0.2) is 0 Å². The molecule has 1 heterocycles. The van der Waals surface area contributed by atoms with Crippen molar-refractivity contribution in [2.24, 2.45) is 17.6 Å². The highest BCUT2D eigenvalue weighted by atomic mass is 79.9. The van der Waals surface area contributed by atoms with Crippen molar-refractivity contribution in [1.82, 2.24) is 4.90 Å². The number of nitrogens with zero attached hydrogens (tertiary/aromatic N) is 1. The lowest BCUT2D eigenvalue weighted by Crippen LogP contribution is -2.38. The smallest absolute Gasteiger partial charge is 0.254 e. The Hall–Kier alpha value is -0.870. The summed E-state index contributed by atoms with van der Waals surface area (Å²) in [5, 5.41) is 0. The Morgan fingerprint density at radius 3 is 2.85 bits per heavy atom. The topological polar surface area (TPSA) is 46.3 Å². The Balaban J connectivity index is 1.78. The van der Waals surface area contributed by atoms with Gasteiger partial charge in [0.05, 0.1) is 0 Å². The molecule has 1 aliphatic carbocycles. The van der Waals surface area contributed by atoms with Gasteiger partial charge in [-0.05, 0) is 55.4 Å². The van der Waals surface area contributed by atoms with Crippen LogP contribution < -0.4 is 5.73 Å². The summed E-state index contributed by atoms with van der Waals surface area (Å²) < 4.78 is 1.02. The summed E-state index contributed by atoms with van der Waals surface area (Å²) in [6.45, 7) is 3.71. The maximum absolute atomic E-state index is 12.7. The highest BCUT2D eigenvalue weighted by Crippen LogP contribution is 2.36. The zero-order valence-electron chi connectivity index (χ0n) is 11.8. The average Bonchev–Trinajstić information content (AvgIpc) is 2.83. The van der Waals surface area contributed by atoms with Gasteiger partial charge in [0, 0.05) is 29.2 Å². The number of fused-ring (bicyclic) bond motifs is 1. The largest absolute Gasteiger partial charge is 0.338 e. The first-order chi connectivity index (χ1) is 9.56. The molecule has 1 amide bonds. The number of carbonyl (C=O) groups is 1. The molecule has 1 aliphatic heterocycles. The number of likely N-dealkylation sites (tertiary alicyclic amines) is 1. The van der Waals surface area contributed by atoms with Crippen molar-refractivity contribution in [2.75, 3.05) is 13.1 Å². The van der Waals surface area contributed by atoms with Gasteiger partial charge in [-0.3, -0.25) is 4.79 Å². The van der Waals surface area contributed by atoms with E-state index in [2.05, 4.69) is 15.9 Å². The molecule has 0 bridgehead atoms. The van der Waals surface area contributed by atoms with E-state index >= 15 is 0 Å². The summed E-state index contributed by atoms with van der Waals surface area (Å²) in [5.74, 6) is 1.28. The van der Waals surface area contributed by atoms with Gasteiger partial charge in [0.15, 0.2) is 0 Å². The summed E-state index contributed by atoms with van der Waals surface area (Å²) in [5.41, 5.74) is 8.08. The molecule has 1 saturated carbocycles. The zero-order chi connectivity index (χ0) is 14.3. The van der Waals surface area contributed by atoms with Gasteiger partial charge in [-0.15, -0.1) is 0 Å². The second-order valence-electron chi connectivity index (χ2n) is 6.19. The van der Waals surface area contributed by atoms with Crippen LogP contribution in [0.4, 0.5) is 0 Å². The Bertz CT molecular complexity index is 531. The van der Waals surface area contributed by atoms with Gasteiger partial charge >= 0.3 is 0 Å². The fourth-order valence-electron chi connectivity index (χ4n) is 3.72. The van der Waals surface area contributed by atoms with E-state index in [-0.39, 0.29) is 11.9 Å². The molecule has 0 aromatic heterocycles. The van der Waals surface area contributed by atoms with Crippen molar-refractivity contribution in [1.29, 1.82) is 0 Å². The zero-order valence-corrected chi connectivity index (χ0v) is 13.4. The molecule has 4 heteroatoms. The fourth-order valence-corrected chi connectivity index (χ4v) is 4.20. The van der Waals surface area contributed by atoms with E-state index in [1.807, 2.05) is 30.0 Å². The van der Waals surface area contributed by atoms with Crippen molar-refractivity contribution in [2.45, 2.75) is 32.2 Å². The lowest BCUT2D eigenvalue weighted by molar-refractivity contribution is 0.0783. The van der Waals surface area contributed by atoms with Crippen molar-refractivity contribution in [3.63, 3.8) is 0 Å². The van der Waals surface area contributed by atoms with Crippen LogP contribution in [0.5, 0.6) is 0 Å². The van der Waals surface area contributed by atoms with Gasteiger partial charge in [0.25, 0.3) is 5.91 Å². The standard InChI is InChI=1S/C16H21BrN2O/c1-10-7-12(17)5-6-13(10)16(20)19-8-11-3-2-4-15(18)14(11)9-19/h5-7,11,14-15H,2-4,8-9,18H2,1H3. The monoisotopic (exact) mass is 336 g/mol. The molecule has 3 rings (SSSR count). The second kappa shape index (κ2) is 5.49. The van der Waals surface area contributed by atoms with Crippen LogP contribution in [0.3, 0.4) is 0 Å². The van der Waals surface area contributed by atoms with Crippen molar-refractivity contribution >= 4 is 21.8 Å². The van der Waals surface area contributed by atoms with E-state index in [9.17, 15) is 4.79 Å². The van der Waals surface area contributed by atoms with E-state index < -0.39 is 0 Å². The third-order valence-electron chi connectivity index (χ3n) is 4.86. The summed E-state index contributed by atoms with van der Waals surface area (Å²) in [7, 11) is 0. The number of carbonyl (C=O) groups excluding carboxylic acids is 1. The van der Waals surface area contributed by atoms with Crippen LogP contribution in [-0.4, -0.2) is 29.9 Å². The van der Waals surface area contributed by atoms with Crippen LogP contribution >= 0.6 is 15.9 Å². The minimum absolute atomic E-state index is 0.164. The molecule has 0 spiro atoms. The van der Waals surface area contributed by atoms with Gasteiger partial charge in [0.1, 0.15) is 0 Å². The first-order valence-corrected chi connectivity index (χ1v) is 8.16. The van der Waals surface area contributed by atoms with Gasteiger partial charge in [-0.2, -0.15) is 0 Å². The van der Waals surface area contributed by atoms with Crippen LogP contribution in [0.2, 0.25) is 0 Å². The molecule has 1 saturated heterocycles. The maximum Gasteiger partial charge on any atom is 0.254 e. The Kier molecular flexibility index (Phi) is 3.87. The van der Waals surface area contributed by atoms with Crippen LogP contribution in [0.1, 0.15) is 35.2 Å². The number of hydrogen-bond acceptors (Lipinski definition) is 2. The second-order valence-corrected chi connectivity index (χ2v) is 7.10. The van der Waals surface area contributed by atoms with Crippen LogP contribution in [0.15, 0.2) is 22.7 Å². The van der Waals surface area contributed by atoms with E-state index in [1.54, 1.807) is 0 Å². The normalized spacial score (nSPS) is 29.4. The van der Waals surface area contributed by atoms with Crippen molar-refractivity contribution in [3.05, 3.63) is 33.8 Å². The first-order valence-electron chi connectivity index (χ1n) is 7.37. The third-order valence-corrected chi connectivity index (χ3v) is 5.35. The molecule has 0 radical (unpaired) electrons. The number of aryl methyl sites for hydroxylation is 1. The first kappa shape index (κ1) is 14.1.